The van der Waals surface area contributed by atoms with E-state index in [2.05, 4.69) is 36.6 Å². The van der Waals surface area contributed by atoms with Crippen molar-refractivity contribution < 1.29 is 4.57 Å². The van der Waals surface area contributed by atoms with Crippen LogP contribution in [0.25, 0.3) is 16.4 Å². The molecule has 0 aliphatic rings. The van der Waals surface area contributed by atoms with E-state index < -0.39 is 7.14 Å². The summed E-state index contributed by atoms with van der Waals surface area (Å²) in [6, 6.07) is 28.1. The number of benzene rings is 3. The largest absolute Gasteiger partial charge is 0.313 e. The highest BCUT2D eigenvalue weighted by atomic mass is 31.2. The summed E-state index contributed by atoms with van der Waals surface area (Å²) in [6.45, 7) is 7.86. The molecule has 0 fully saturated rings. The van der Waals surface area contributed by atoms with E-state index in [9.17, 15) is 4.57 Å². The lowest BCUT2D eigenvalue weighted by Crippen LogP contribution is -2.13. The first-order valence-electron chi connectivity index (χ1n) is 8.79. The third-order valence-corrected chi connectivity index (χ3v) is 8.23. The molecule has 0 amide bonds. The second-order valence-corrected chi connectivity index (χ2v) is 9.87. The van der Waals surface area contributed by atoms with Crippen molar-refractivity contribution in [2.24, 2.45) is 0 Å². The molecule has 3 aromatic carbocycles. The molecule has 0 saturated carbocycles. The molecular formula is C24H23OP. The topological polar surface area (TPSA) is 17.1 Å². The fourth-order valence-corrected chi connectivity index (χ4v) is 5.95. The molecule has 0 spiro atoms. The summed E-state index contributed by atoms with van der Waals surface area (Å²) in [7, 11) is -2.82. The first-order valence-corrected chi connectivity index (χ1v) is 10.6. The van der Waals surface area contributed by atoms with Gasteiger partial charge in [0.25, 0.3) is 0 Å². The van der Waals surface area contributed by atoms with Gasteiger partial charge in [0.05, 0.1) is 5.31 Å². The standard InChI is InChI=1S/C24H23OP/c1-4-24(26(25,19(2)3)23-13-9-6-10-14-23)22-17-15-21(16-18-22)20-11-7-5-8-12-20/h5-19H,1H2,2-3H3/t26-/m0/s1. The van der Waals surface area contributed by atoms with Gasteiger partial charge in [-0.3, -0.25) is 0 Å². The highest BCUT2D eigenvalue weighted by Crippen LogP contribution is 2.60. The molecular weight excluding hydrogens is 335 g/mol. The Hall–Kier alpha value is -2.59. The van der Waals surface area contributed by atoms with Gasteiger partial charge in [-0.05, 0) is 16.7 Å². The molecule has 0 N–H and O–H groups in total. The van der Waals surface area contributed by atoms with Crippen LogP contribution in [0.4, 0.5) is 0 Å². The number of hydrogen-bond acceptors (Lipinski definition) is 1. The van der Waals surface area contributed by atoms with Gasteiger partial charge < -0.3 is 4.57 Å². The summed E-state index contributed by atoms with van der Waals surface area (Å²) in [5.41, 5.74) is 6.19. The maximum Gasteiger partial charge on any atom is 0.153 e. The van der Waals surface area contributed by atoms with E-state index in [1.165, 1.54) is 5.56 Å². The van der Waals surface area contributed by atoms with Crippen LogP contribution in [0.15, 0.2) is 97.2 Å². The van der Waals surface area contributed by atoms with Crippen molar-refractivity contribution in [3.05, 3.63) is 103 Å². The van der Waals surface area contributed by atoms with Crippen LogP contribution in [0, 0.1) is 0 Å². The van der Waals surface area contributed by atoms with Gasteiger partial charge in [0.15, 0.2) is 7.14 Å². The van der Waals surface area contributed by atoms with E-state index in [1.807, 2.05) is 74.5 Å². The fraction of sp³-hybridized carbons (Fsp3) is 0.125. The third-order valence-electron chi connectivity index (χ3n) is 4.63. The molecule has 1 atom stereocenters. The van der Waals surface area contributed by atoms with Gasteiger partial charge in [-0.15, -0.1) is 5.73 Å². The van der Waals surface area contributed by atoms with Crippen LogP contribution in [-0.2, 0) is 4.57 Å². The Morgan fingerprint density at radius 1 is 0.808 bits per heavy atom. The minimum Gasteiger partial charge on any atom is -0.313 e. The molecule has 0 heterocycles. The van der Waals surface area contributed by atoms with Crippen molar-refractivity contribution >= 4 is 17.8 Å². The number of hydrogen-bond donors (Lipinski definition) is 0. The summed E-state index contributed by atoms with van der Waals surface area (Å²) in [5, 5.41) is 1.56. The summed E-state index contributed by atoms with van der Waals surface area (Å²) in [4.78, 5) is 0. The summed E-state index contributed by atoms with van der Waals surface area (Å²) < 4.78 is 14.1. The maximum atomic E-state index is 14.1. The van der Waals surface area contributed by atoms with Crippen LogP contribution in [0.5, 0.6) is 0 Å². The number of rotatable bonds is 5. The van der Waals surface area contributed by atoms with Crippen LogP contribution in [0.1, 0.15) is 19.4 Å². The molecule has 0 radical (unpaired) electrons. The van der Waals surface area contributed by atoms with E-state index in [0.29, 0.717) is 5.31 Å². The average Bonchev–Trinajstić information content (AvgIpc) is 2.70. The van der Waals surface area contributed by atoms with Gasteiger partial charge in [0.1, 0.15) is 0 Å². The molecule has 0 saturated heterocycles. The molecule has 0 unspecified atom stereocenters. The van der Waals surface area contributed by atoms with Crippen molar-refractivity contribution in [1.29, 1.82) is 0 Å². The van der Waals surface area contributed by atoms with Gasteiger partial charge >= 0.3 is 0 Å². The highest BCUT2D eigenvalue weighted by Gasteiger charge is 2.34. The molecule has 0 aliphatic heterocycles. The maximum absolute atomic E-state index is 14.1. The van der Waals surface area contributed by atoms with Crippen molar-refractivity contribution in [2.45, 2.75) is 19.5 Å². The SMILES string of the molecule is C=C=C(c1ccc(-c2ccccc2)cc1)[P@@](=O)(c1ccccc1)C(C)C. The van der Waals surface area contributed by atoms with E-state index in [-0.39, 0.29) is 5.66 Å². The first-order chi connectivity index (χ1) is 12.6. The van der Waals surface area contributed by atoms with Gasteiger partial charge in [0, 0.05) is 11.0 Å². The van der Waals surface area contributed by atoms with Crippen LogP contribution in [0.2, 0.25) is 0 Å². The van der Waals surface area contributed by atoms with Gasteiger partial charge in [-0.2, -0.15) is 0 Å². The Labute approximate surface area is 156 Å². The Morgan fingerprint density at radius 2 is 1.31 bits per heavy atom. The molecule has 130 valence electrons. The van der Waals surface area contributed by atoms with Crippen LogP contribution >= 0.6 is 7.14 Å². The zero-order chi connectivity index (χ0) is 18.6. The smallest absolute Gasteiger partial charge is 0.153 e. The first kappa shape index (κ1) is 18.2. The molecule has 1 nitrogen and oxygen atoms in total. The molecule has 0 bridgehead atoms. The lowest BCUT2D eigenvalue weighted by molar-refractivity contribution is 0.582. The molecule has 0 aromatic heterocycles. The van der Waals surface area contributed by atoms with Gasteiger partial charge in [-0.1, -0.05) is 105 Å². The van der Waals surface area contributed by atoms with Crippen molar-refractivity contribution in [3.8, 4) is 11.1 Å². The monoisotopic (exact) mass is 358 g/mol. The second kappa shape index (κ2) is 7.75. The summed E-state index contributed by atoms with van der Waals surface area (Å²) in [6.07, 6.45) is 0. The zero-order valence-corrected chi connectivity index (χ0v) is 16.1. The van der Waals surface area contributed by atoms with Crippen molar-refractivity contribution in [3.63, 3.8) is 0 Å². The molecule has 0 aliphatic carbocycles. The fourth-order valence-electron chi connectivity index (χ4n) is 3.20. The van der Waals surface area contributed by atoms with E-state index in [0.717, 1.165) is 16.4 Å². The predicted molar refractivity (Wildman–Crippen MR) is 113 cm³/mol. The summed E-state index contributed by atoms with van der Waals surface area (Å²) >= 11 is 0. The van der Waals surface area contributed by atoms with Gasteiger partial charge in [0.2, 0.25) is 0 Å². The molecule has 3 aromatic rings. The van der Waals surface area contributed by atoms with Crippen molar-refractivity contribution in [1.82, 2.24) is 0 Å². The Balaban J connectivity index is 2.06. The minimum absolute atomic E-state index is 0.0250. The highest BCUT2D eigenvalue weighted by molar-refractivity contribution is 7.81. The van der Waals surface area contributed by atoms with Crippen LogP contribution in [0.3, 0.4) is 0 Å². The molecule has 26 heavy (non-hydrogen) atoms. The Bertz CT molecular complexity index is 964. The zero-order valence-electron chi connectivity index (χ0n) is 15.2. The molecule has 3 rings (SSSR count). The predicted octanol–water partition coefficient (Wildman–Crippen LogP) is 6.58. The van der Waals surface area contributed by atoms with Crippen LogP contribution in [-0.4, -0.2) is 5.66 Å². The van der Waals surface area contributed by atoms with E-state index in [4.69, 9.17) is 0 Å². The normalized spacial score (nSPS) is 13.0. The van der Waals surface area contributed by atoms with Crippen molar-refractivity contribution in [2.75, 3.05) is 0 Å². The summed E-state index contributed by atoms with van der Waals surface area (Å²) in [5.74, 6) is 0. The molecule has 2 heteroatoms. The minimum atomic E-state index is -2.82. The lowest BCUT2D eigenvalue weighted by atomic mass is 10.0. The van der Waals surface area contributed by atoms with E-state index >= 15 is 0 Å². The quantitative estimate of drug-likeness (QED) is 0.372. The van der Waals surface area contributed by atoms with E-state index in [1.54, 1.807) is 0 Å². The Morgan fingerprint density at radius 3 is 1.81 bits per heavy atom. The lowest BCUT2D eigenvalue weighted by Gasteiger charge is -2.24. The Kier molecular flexibility index (Phi) is 5.43. The third kappa shape index (κ3) is 3.37. The van der Waals surface area contributed by atoms with Crippen LogP contribution < -0.4 is 5.30 Å². The van der Waals surface area contributed by atoms with Gasteiger partial charge in [-0.25, -0.2) is 0 Å². The average molecular weight is 358 g/mol. The second-order valence-electron chi connectivity index (χ2n) is 6.56.